The normalized spacial score (nSPS) is 19.6. The number of hydrogen-bond donors (Lipinski definition) is 5. The first kappa shape index (κ1) is 57.8. The topological polar surface area (TPSA) is 209 Å². The molecule has 3 saturated heterocycles. The lowest BCUT2D eigenvalue weighted by Gasteiger charge is -2.39. The van der Waals surface area contributed by atoms with E-state index >= 15 is 0 Å². The molecule has 0 saturated carbocycles. The van der Waals surface area contributed by atoms with Gasteiger partial charge in [-0.2, -0.15) is 0 Å². The molecule has 0 bridgehead atoms. The van der Waals surface area contributed by atoms with E-state index in [-0.39, 0.29) is 73.1 Å². The van der Waals surface area contributed by atoms with E-state index in [1.165, 1.54) is 0 Å². The third kappa shape index (κ3) is 13.7. The van der Waals surface area contributed by atoms with Crippen molar-refractivity contribution < 1.29 is 28.8 Å². The Morgan fingerprint density at radius 1 is 0.823 bits per heavy atom. The van der Waals surface area contributed by atoms with E-state index in [0.717, 1.165) is 89.3 Å². The van der Waals surface area contributed by atoms with Crippen LogP contribution in [0.25, 0.3) is 38.8 Å². The molecule has 6 amide bonds. The minimum Gasteiger partial charge on any atom is -0.343 e. The second-order valence-electron chi connectivity index (χ2n) is 21.3. The summed E-state index contributed by atoms with van der Waals surface area (Å²) in [6.07, 6.45) is 17.0. The molecule has 6 atom stereocenters. The van der Waals surface area contributed by atoms with Gasteiger partial charge in [-0.15, -0.1) is 0 Å². The quantitative estimate of drug-likeness (QED) is 0.0295. The van der Waals surface area contributed by atoms with Gasteiger partial charge in [0, 0.05) is 69.2 Å². The third-order valence-corrected chi connectivity index (χ3v) is 16.1. The van der Waals surface area contributed by atoms with Crippen molar-refractivity contribution in [3.05, 3.63) is 115 Å². The highest BCUT2D eigenvalue weighted by molar-refractivity contribution is 5.95. The number of H-pyrrole nitrogens is 2. The van der Waals surface area contributed by atoms with Crippen molar-refractivity contribution in [2.75, 3.05) is 39.8 Å². The summed E-state index contributed by atoms with van der Waals surface area (Å²) >= 11 is 0. The number of imidazole rings is 2. The minimum absolute atomic E-state index is 0.0320. The molecule has 2 aromatic heterocycles. The van der Waals surface area contributed by atoms with Crippen LogP contribution in [0, 0.1) is 0 Å². The van der Waals surface area contributed by atoms with Crippen LogP contribution in [-0.4, -0.2) is 139 Å². The van der Waals surface area contributed by atoms with Crippen LogP contribution in [0.15, 0.2) is 97.6 Å². The molecule has 5 N–H and O–H groups in total. The Bertz CT molecular complexity index is 3020. The van der Waals surface area contributed by atoms with Crippen LogP contribution < -0.4 is 16.0 Å². The van der Waals surface area contributed by atoms with Gasteiger partial charge in [-0.3, -0.25) is 28.8 Å². The summed E-state index contributed by atoms with van der Waals surface area (Å²) in [4.78, 5) is 107. The number of rotatable bonds is 24. The van der Waals surface area contributed by atoms with E-state index in [1.54, 1.807) is 36.8 Å². The molecule has 3 aromatic carbocycles. The Labute approximate surface area is 465 Å². The molecule has 17 heteroatoms. The molecule has 0 spiro atoms. The maximum Gasteiger partial charge on any atom is 0.247 e. The zero-order valence-electron chi connectivity index (χ0n) is 46.9. The first-order valence-corrected chi connectivity index (χ1v) is 28.8. The summed E-state index contributed by atoms with van der Waals surface area (Å²) in [6, 6.07) is 19.1. The van der Waals surface area contributed by atoms with Crippen molar-refractivity contribution in [1.29, 1.82) is 0 Å². The second-order valence-corrected chi connectivity index (χ2v) is 21.3. The van der Waals surface area contributed by atoms with Crippen LogP contribution in [0.5, 0.6) is 0 Å². The smallest absolute Gasteiger partial charge is 0.247 e. The van der Waals surface area contributed by atoms with Crippen LogP contribution in [0.3, 0.4) is 0 Å². The summed E-state index contributed by atoms with van der Waals surface area (Å²) in [6.45, 7) is 12.8. The average Bonchev–Trinajstić information content (AvgIpc) is 4.46. The maximum absolute atomic E-state index is 14.7. The molecule has 5 heterocycles. The fourth-order valence-corrected chi connectivity index (χ4v) is 11.6. The number of carbonyl (C=O) groups excluding carboxylic acids is 6. The molecule has 6 unspecified atom stereocenters. The monoisotopic (exact) mass is 1080 g/mol. The van der Waals surface area contributed by atoms with Crippen LogP contribution in [0.4, 0.5) is 0 Å². The van der Waals surface area contributed by atoms with Crippen molar-refractivity contribution in [3.8, 4) is 11.1 Å². The number of aromatic nitrogens is 4. The molecular weight excluding hydrogens is 995 g/mol. The molecule has 420 valence electrons. The minimum atomic E-state index is -0.930. The van der Waals surface area contributed by atoms with E-state index < -0.39 is 18.1 Å². The molecule has 3 fully saturated rings. The SMILES string of the molecule is C=CC=C(C=CC)c1cccc2[nH]c(C3CCC4CCN(C(=O)CCCCCCCCC(=O)N(CC)CC(NC(=O)CC)C(=O)N5CCCC5c5nc6c(-c7ccccc7)cccc6[nH]5)CC(NC(=O)C(C)NC)C(=O)N43)nc12. The maximum atomic E-state index is 14.7. The molecule has 79 heavy (non-hydrogen) atoms. The highest BCUT2D eigenvalue weighted by atomic mass is 16.2. The lowest BCUT2D eigenvalue weighted by molar-refractivity contribution is -0.144. The van der Waals surface area contributed by atoms with Crippen LogP contribution in [-0.2, 0) is 28.8 Å². The number of allylic oxidation sites excluding steroid dienone is 5. The van der Waals surface area contributed by atoms with Crippen LogP contribution >= 0.6 is 0 Å². The predicted octanol–water partition coefficient (Wildman–Crippen LogP) is 8.84. The van der Waals surface area contributed by atoms with Gasteiger partial charge >= 0.3 is 0 Å². The molecule has 8 rings (SSSR count). The number of nitrogens with one attached hydrogen (secondary N) is 5. The van der Waals surface area contributed by atoms with Crippen LogP contribution in [0.1, 0.15) is 147 Å². The molecule has 3 aliphatic heterocycles. The molecule has 0 radical (unpaired) electrons. The summed E-state index contributed by atoms with van der Waals surface area (Å²) in [5.41, 5.74) is 7.42. The van der Waals surface area contributed by atoms with Gasteiger partial charge in [-0.1, -0.05) is 118 Å². The van der Waals surface area contributed by atoms with Gasteiger partial charge in [-0.25, -0.2) is 9.97 Å². The Morgan fingerprint density at radius 2 is 1.52 bits per heavy atom. The van der Waals surface area contributed by atoms with Crippen molar-refractivity contribution >= 4 is 63.1 Å². The summed E-state index contributed by atoms with van der Waals surface area (Å²) < 4.78 is 0. The van der Waals surface area contributed by atoms with Gasteiger partial charge in [0.1, 0.15) is 23.7 Å². The molecule has 5 aromatic rings. The van der Waals surface area contributed by atoms with Crippen molar-refractivity contribution in [2.24, 2.45) is 0 Å². The Balaban J connectivity index is 0.818. The van der Waals surface area contributed by atoms with Crippen LogP contribution in [0.2, 0.25) is 0 Å². The molecular formula is C62H81N11O6. The largest absolute Gasteiger partial charge is 0.343 e. The number of para-hydroxylation sites is 2. The number of hydrogen-bond acceptors (Lipinski definition) is 9. The number of aromatic amines is 2. The van der Waals surface area contributed by atoms with Gasteiger partial charge in [-0.05, 0) is 96.0 Å². The Morgan fingerprint density at radius 3 is 2.23 bits per heavy atom. The highest BCUT2D eigenvalue weighted by Crippen LogP contribution is 2.40. The lowest BCUT2D eigenvalue weighted by atomic mass is 10.0. The fraction of sp³-hybridized carbons (Fsp3) is 0.484. The standard InChI is InChI=1S/C62H81N11O6/c1-7-23-42(24-8-2)45-27-20-30-48-56(45)69-59(66-48)52-35-34-44-36-38-71(40-50(62(79)73(44)52)67-60(77)41(5)63-6)55(76)33-19-14-12-11-13-18-32-54(75)70(10-4)39-49(64-53(74)9-3)61(78)72-37-22-31-51(72)58-65-47-29-21-28-46(57(47)68-58)43-25-16-15-17-26-43/h7-8,15-17,20-21,23-30,41,44,49-52,63H,1,9-14,18-19,22,31-40H2,2-6H3,(H,64,74)(H,65,68)(H,66,69)(H,67,77). The van der Waals surface area contributed by atoms with E-state index in [9.17, 15) is 28.8 Å². The molecule has 17 nitrogen and oxygen atoms in total. The van der Waals surface area contributed by atoms with E-state index in [0.29, 0.717) is 69.8 Å². The first-order chi connectivity index (χ1) is 38.4. The predicted molar refractivity (Wildman–Crippen MR) is 310 cm³/mol. The summed E-state index contributed by atoms with van der Waals surface area (Å²) in [5.74, 6) is 0.331. The number of carbonyl (C=O) groups is 6. The molecule has 0 aliphatic carbocycles. The number of fused-ring (bicyclic) bond motifs is 3. The Hall–Kier alpha value is -7.40. The van der Waals surface area contributed by atoms with Gasteiger partial charge < -0.3 is 45.5 Å². The zero-order chi connectivity index (χ0) is 56.0. The number of amides is 6. The Kier molecular flexibility index (Phi) is 20.1. The van der Waals surface area contributed by atoms with Gasteiger partial charge in [0.05, 0.1) is 40.2 Å². The number of benzene rings is 3. The average molecular weight is 1080 g/mol. The number of nitrogens with zero attached hydrogens (tertiary/aromatic N) is 6. The second kappa shape index (κ2) is 27.5. The fourth-order valence-electron chi connectivity index (χ4n) is 11.6. The van der Waals surface area contributed by atoms with Gasteiger partial charge in [0.25, 0.3) is 0 Å². The van der Waals surface area contributed by atoms with Crippen molar-refractivity contribution in [3.63, 3.8) is 0 Å². The van der Waals surface area contributed by atoms with Crippen molar-refractivity contribution in [2.45, 2.75) is 154 Å². The number of likely N-dealkylation sites (tertiary alicyclic amines) is 1. The number of likely N-dealkylation sites (N-methyl/N-ethyl adjacent to an activating group) is 2. The zero-order valence-corrected chi connectivity index (χ0v) is 46.9. The van der Waals surface area contributed by atoms with E-state index in [4.69, 9.17) is 9.97 Å². The summed E-state index contributed by atoms with van der Waals surface area (Å²) in [7, 11) is 1.70. The molecule has 3 aliphatic rings. The van der Waals surface area contributed by atoms with Gasteiger partial charge in [0.15, 0.2) is 0 Å². The van der Waals surface area contributed by atoms with E-state index in [1.807, 2.05) is 90.4 Å². The third-order valence-electron chi connectivity index (χ3n) is 16.1. The number of unbranched alkanes of at least 4 members (excludes halogenated alkanes) is 5. The highest BCUT2D eigenvalue weighted by Gasteiger charge is 2.45. The summed E-state index contributed by atoms with van der Waals surface area (Å²) in [5, 5.41) is 8.91. The lowest BCUT2D eigenvalue weighted by Crippen LogP contribution is -2.60. The van der Waals surface area contributed by atoms with E-state index in [2.05, 4.69) is 50.7 Å². The van der Waals surface area contributed by atoms with Gasteiger partial charge in [0.2, 0.25) is 35.4 Å². The first-order valence-electron chi connectivity index (χ1n) is 28.8. The van der Waals surface area contributed by atoms with Crippen molar-refractivity contribution in [1.82, 2.24) is 55.5 Å².